The molecule has 0 aliphatic heterocycles. The minimum Gasteiger partial charge on any atom is -0.378 e. The van der Waals surface area contributed by atoms with E-state index in [0.717, 1.165) is 22.8 Å². The molecule has 20 heavy (non-hydrogen) atoms. The van der Waals surface area contributed by atoms with Gasteiger partial charge in [-0.25, -0.2) is 0 Å². The SMILES string of the molecule is Cc1cc(CC(=O)Nc2ccc(N(C)C)cc2)n(C)n1. The first-order valence-corrected chi connectivity index (χ1v) is 6.52. The summed E-state index contributed by atoms with van der Waals surface area (Å²) in [6.07, 6.45) is 0.326. The number of benzene rings is 1. The number of anilines is 2. The number of hydrogen-bond donors (Lipinski definition) is 1. The van der Waals surface area contributed by atoms with Crippen LogP contribution < -0.4 is 10.2 Å². The molecule has 0 radical (unpaired) electrons. The van der Waals surface area contributed by atoms with E-state index in [0.29, 0.717) is 6.42 Å². The van der Waals surface area contributed by atoms with Crippen molar-refractivity contribution in [2.75, 3.05) is 24.3 Å². The largest absolute Gasteiger partial charge is 0.378 e. The highest BCUT2D eigenvalue weighted by Gasteiger charge is 2.08. The van der Waals surface area contributed by atoms with Crippen LogP contribution in [0.1, 0.15) is 11.4 Å². The molecule has 0 saturated heterocycles. The molecule has 1 aromatic heterocycles. The van der Waals surface area contributed by atoms with Crippen molar-refractivity contribution < 1.29 is 4.79 Å². The molecule has 5 heteroatoms. The van der Waals surface area contributed by atoms with E-state index in [1.807, 2.05) is 63.3 Å². The van der Waals surface area contributed by atoms with E-state index in [-0.39, 0.29) is 5.91 Å². The molecule has 106 valence electrons. The molecule has 0 aliphatic carbocycles. The summed E-state index contributed by atoms with van der Waals surface area (Å²) >= 11 is 0. The molecule has 0 fully saturated rings. The van der Waals surface area contributed by atoms with E-state index in [2.05, 4.69) is 10.4 Å². The number of carbonyl (C=O) groups excluding carboxylic acids is 1. The number of nitrogens with zero attached hydrogens (tertiary/aromatic N) is 3. The molecule has 1 N–H and O–H groups in total. The molecular formula is C15H20N4O. The molecule has 5 nitrogen and oxygen atoms in total. The fraction of sp³-hybridized carbons (Fsp3) is 0.333. The number of amides is 1. The van der Waals surface area contributed by atoms with Crippen LogP contribution in [-0.2, 0) is 18.3 Å². The summed E-state index contributed by atoms with van der Waals surface area (Å²) < 4.78 is 1.74. The van der Waals surface area contributed by atoms with Gasteiger partial charge in [-0.1, -0.05) is 0 Å². The topological polar surface area (TPSA) is 50.2 Å². The molecular weight excluding hydrogens is 252 g/mol. The van der Waals surface area contributed by atoms with Crippen molar-refractivity contribution in [2.24, 2.45) is 7.05 Å². The minimum absolute atomic E-state index is 0.0365. The van der Waals surface area contributed by atoms with Gasteiger partial charge in [0.05, 0.1) is 12.1 Å². The Morgan fingerprint density at radius 3 is 2.45 bits per heavy atom. The molecule has 0 spiro atoms. The van der Waals surface area contributed by atoms with Crippen molar-refractivity contribution in [3.05, 3.63) is 41.7 Å². The summed E-state index contributed by atoms with van der Waals surface area (Å²) in [6.45, 7) is 1.92. The summed E-state index contributed by atoms with van der Waals surface area (Å²) in [5.41, 5.74) is 3.74. The molecule has 1 amide bonds. The van der Waals surface area contributed by atoms with Crippen molar-refractivity contribution in [1.29, 1.82) is 0 Å². The van der Waals surface area contributed by atoms with E-state index in [1.165, 1.54) is 0 Å². The van der Waals surface area contributed by atoms with Gasteiger partial charge in [0.1, 0.15) is 0 Å². The predicted octanol–water partition coefficient (Wildman–Crippen LogP) is 1.98. The van der Waals surface area contributed by atoms with Gasteiger partial charge in [-0.05, 0) is 37.3 Å². The van der Waals surface area contributed by atoms with Gasteiger partial charge in [0.25, 0.3) is 0 Å². The number of nitrogens with one attached hydrogen (secondary N) is 1. The Morgan fingerprint density at radius 2 is 1.95 bits per heavy atom. The van der Waals surface area contributed by atoms with Crippen LogP contribution in [0.4, 0.5) is 11.4 Å². The highest BCUT2D eigenvalue weighted by molar-refractivity contribution is 5.92. The van der Waals surface area contributed by atoms with E-state index in [9.17, 15) is 4.79 Å². The standard InChI is InChI=1S/C15H20N4O/c1-11-9-14(19(4)17-11)10-15(20)16-12-5-7-13(8-6-12)18(2)3/h5-9H,10H2,1-4H3,(H,16,20). The third-order valence-electron chi connectivity index (χ3n) is 3.11. The zero-order valence-corrected chi connectivity index (χ0v) is 12.3. The summed E-state index contributed by atoms with van der Waals surface area (Å²) in [6, 6.07) is 9.69. The molecule has 0 aliphatic rings. The van der Waals surface area contributed by atoms with Gasteiger partial charge in [0, 0.05) is 38.2 Å². The zero-order chi connectivity index (χ0) is 14.7. The second-order valence-electron chi connectivity index (χ2n) is 5.07. The van der Waals surface area contributed by atoms with Crippen LogP contribution in [0.3, 0.4) is 0 Å². The van der Waals surface area contributed by atoms with Gasteiger partial charge in [0.15, 0.2) is 0 Å². The summed E-state index contributed by atoms with van der Waals surface area (Å²) in [5.74, 6) is -0.0365. The van der Waals surface area contributed by atoms with E-state index in [4.69, 9.17) is 0 Å². The first-order chi connectivity index (χ1) is 9.45. The Kier molecular flexibility index (Phi) is 4.08. The van der Waals surface area contributed by atoms with Crippen molar-refractivity contribution >= 4 is 17.3 Å². The molecule has 2 aromatic rings. The third-order valence-corrected chi connectivity index (χ3v) is 3.11. The Bertz CT molecular complexity index is 599. The first-order valence-electron chi connectivity index (χ1n) is 6.52. The Hall–Kier alpha value is -2.30. The van der Waals surface area contributed by atoms with Crippen molar-refractivity contribution in [1.82, 2.24) is 9.78 Å². The Morgan fingerprint density at radius 1 is 1.30 bits per heavy atom. The lowest BCUT2D eigenvalue weighted by Gasteiger charge is -2.13. The van der Waals surface area contributed by atoms with Crippen LogP contribution in [0.15, 0.2) is 30.3 Å². The van der Waals surface area contributed by atoms with Crippen LogP contribution in [0.25, 0.3) is 0 Å². The zero-order valence-electron chi connectivity index (χ0n) is 12.3. The van der Waals surface area contributed by atoms with Crippen molar-refractivity contribution in [2.45, 2.75) is 13.3 Å². The molecule has 1 aromatic carbocycles. The maximum atomic E-state index is 12.0. The second kappa shape index (κ2) is 5.77. The fourth-order valence-electron chi connectivity index (χ4n) is 2.04. The van der Waals surface area contributed by atoms with Crippen LogP contribution in [0.2, 0.25) is 0 Å². The maximum Gasteiger partial charge on any atom is 0.230 e. The van der Waals surface area contributed by atoms with Gasteiger partial charge in [-0.15, -0.1) is 0 Å². The first kappa shape index (κ1) is 14.1. The number of carbonyl (C=O) groups is 1. The Labute approximate surface area is 119 Å². The van der Waals surface area contributed by atoms with Gasteiger partial charge < -0.3 is 10.2 Å². The lowest BCUT2D eigenvalue weighted by Crippen LogP contribution is -2.16. The van der Waals surface area contributed by atoms with Gasteiger partial charge in [-0.2, -0.15) is 5.10 Å². The molecule has 2 rings (SSSR count). The number of aryl methyl sites for hydroxylation is 2. The molecule has 0 atom stereocenters. The van der Waals surface area contributed by atoms with Crippen LogP contribution in [0.5, 0.6) is 0 Å². The normalized spacial score (nSPS) is 10.4. The lowest BCUT2D eigenvalue weighted by atomic mass is 10.2. The van der Waals surface area contributed by atoms with E-state index >= 15 is 0 Å². The van der Waals surface area contributed by atoms with Gasteiger partial charge >= 0.3 is 0 Å². The third kappa shape index (κ3) is 3.38. The smallest absolute Gasteiger partial charge is 0.230 e. The summed E-state index contributed by atoms with van der Waals surface area (Å²) in [5, 5.41) is 7.13. The van der Waals surface area contributed by atoms with Crippen LogP contribution >= 0.6 is 0 Å². The average molecular weight is 272 g/mol. The highest BCUT2D eigenvalue weighted by Crippen LogP contribution is 2.16. The number of rotatable bonds is 4. The van der Waals surface area contributed by atoms with Gasteiger partial charge in [0.2, 0.25) is 5.91 Å². The Balaban J connectivity index is 1.99. The van der Waals surface area contributed by atoms with E-state index in [1.54, 1.807) is 4.68 Å². The second-order valence-corrected chi connectivity index (χ2v) is 5.07. The molecule has 1 heterocycles. The highest BCUT2D eigenvalue weighted by atomic mass is 16.1. The van der Waals surface area contributed by atoms with Gasteiger partial charge in [-0.3, -0.25) is 9.48 Å². The van der Waals surface area contributed by atoms with E-state index < -0.39 is 0 Å². The number of aromatic nitrogens is 2. The monoisotopic (exact) mass is 272 g/mol. The van der Waals surface area contributed by atoms with Crippen LogP contribution in [0, 0.1) is 6.92 Å². The lowest BCUT2D eigenvalue weighted by molar-refractivity contribution is -0.115. The maximum absolute atomic E-state index is 12.0. The van der Waals surface area contributed by atoms with Crippen molar-refractivity contribution in [3.63, 3.8) is 0 Å². The molecule has 0 saturated carbocycles. The molecule has 0 unspecified atom stereocenters. The number of hydrogen-bond acceptors (Lipinski definition) is 3. The average Bonchev–Trinajstić information content (AvgIpc) is 2.68. The quantitative estimate of drug-likeness (QED) is 0.926. The van der Waals surface area contributed by atoms with Crippen LogP contribution in [-0.4, -0.2) is 29.8 Å². The summed E-state index contributed by atoms with van der Waals surface area (Å²) in [7, 11) is 5.82. The van der Waals surface area contributed by atoms with Crippen molar-refractivity contribution in [3.8, 4) is 0 Å². The minimum atomic E-state index is -0.0365. The fourth-order valence-corrected chi connectivity index (χ4v) is 2.04. The summed E-state index contributed by atoms with van der Waals surface area (Å²) in [4.78, 5) is 14.0. The molecule has 0 bridgehead atoms. The predicted molar refractivity (Wildman–Crippen MR) is 81.0 cm³/mol.